The van der Waals surface area contributed by atoms with Crippen LogP contribution >= 0.6 is 105 Å². The summed E-state index contributed by atoms with van der Waals surface area (Å²) in [5, 5.41) is 0. The van der Waals surface area contributed by atoms with Crippen LogP contribution in [0.5, 0.6) is 0 Å². The maximum Gasteiger partial charge on any atom is 0.346 e. The first kappa shape index (κ1) is 23.2. The van der Waals surface area contributed by atoms with Gasteiger partial charge in [0.15, 0.2) is 0 Å². The molecule has 13 heteroatoms. The zero-order valence-electron chi connectivity index (χ0n) is 14.8. The Bertz CT molecular complexity index is 1030. The third-order valence-electron chi connectivity index (χ3n) is 3.16. The molecule has 0 aromatic carbocycles. The van der Waals surface area contributed by atoms with E-state index >= 15 is 0 Å². The Morgan fingerprint density at radius 2 is 1.32 bits per heavy atom. The average molecular weight is 545 g/mol. The number of rotatable bonds is 4. The van der Waals surface area contributed by atoms with Crippen molar-refractivity contribution in [3.8, 4) is 0 Å². The first-order chi connectivity index (χ1) is 13.4. The van der Waals surface area contributed by atoms with Gasteiger partial charge < -0.3 is 9.47 Å². The standard InChI is InChI=1S/C15H12O4S9/c1-18-8(16)5-6(9(17)19-2)24-14(23-5)15-25-7(10(20)26-15)11-27-12(21-3)13(22-4)28-11/h1-4H3. The van der Waals surface area contributed by atoms with Crippen LogP contribution in [-0.4, -0.2) is 38.7 Å². The van der Waals surface area contributed by atoms with Gasteiger partial charge in [-0.3, -0.25) is 0 Å². The lowest BCUT2D eigenvalue weighted by Crippen LogP contribution is -2.08. The minimum Gasteiger partial charge on any atom is -0.465 e. The van der Waals surface area contributed by atoms with Crippen LogP contribution in [0.4, 0.5) is 0 Å². The van der Waals surface area contributed by atoms with Crippen molar-refractivity contribution in [2.75, 3.05) is 26.7 Å². The molecule has 0 amide bonds. The number of methoxy groups -OCH3 is 2. The molecule has 0 bridgehead atoms. The zero-order valence-corrected chi connectivity index (χ0v) is 22.2. The predicted molar refractivity (Wildman–Crippen MR) is 135 cm³/mol. The van der Waals surface area contributed by atoms with Gasteiger partial charge >= 0.3 is 11.9 Å². The fraction of sp³-hybridized carbons (Fsp3) is 0.267. The lowest BCUT2D eigenvalue weighted by atomic mass is 10.5. The Balaban J connectivity index is 2.04. The normalized spacial score (nSPS) is 17.0. The van der Waals surface area contributed by atoms with E-state index in [1.807, 2.05) is 0 Å². The molecule has 0 saturated heterocycles. The third kappa shape index (κ3) is 4.72. The molecule has 150 valence electrons. The molecule has 3 heterocycles. The molecule has 0 fully saturated rings. The van der Waals surface area contributed by atoms with E-state index in [2.05, 4.69) is 12.5 Å². The summed E-state index contributed by atoms with van der Waals surface area (Å²) < 4.78 is 17.1. The summed E-state index contributed by atoms with van der Waals surface area (Å²) in [6.07, 6.45) is 4.16. The number of ether oxygens (including phenoxy) is 2. The maximum atomic E-state index is 12.1. The van der Waals surface area contributed by atoms with Crippen molar-refractivity contribution in [2.45, 2.75) is 0 Å². The van der Waals surface area contributed by atoms with Crippen molar-refractivity contribution >= 4 is 126 Å². The first-order valence-electron chi connectivity index (χ1n) is 7.26. The molecule has 0 spiro atoms. The molecule has 0 aliphatic carbocycles. The Labute approximate surface area is 200 Å². The maximum absolute atomic E-state index is 12.1. The number of hydrogen-bond acceptors (Lipinski definition) is 13. The van der Waals surface area contributed by atoms with Crippen LogP contribution in [0.1, 0.15) is 0 Å². The van der Waals surface area contributed by atoms with Gasteiger partial charge in [0, 0.05) is 0 Å². The lowest BCUT2D eigenvalue weighted by molar-refractivity contribution is -0.138. The van der Waals surface area contributed by atoms with Crippen LogP contribution in [-0.2, 0) is 19.1 Å². The summed E-state index contributed by atoms with van der Waals surface area (Å²) >= 11 is 18.2. The van der Waals surface area contributed by atoms with Gasteiger partial charge in [0.1, 0.15) is 17.5 Å². The van der Waals surface area contributed by atoms with Crippen LogP contribution < -0.4 is 8.38 Å². The molecular weight excluding hydrogens is 533 g/mol. The van der Waals surface area contributed by atoms with Gasteiger partial charge in [0.2, 0.25) is 0 Å². The summed E-state index contributed by atoms with van der Waals surface area (Å²) in [5.41, 5.74) is 0. The molecule has 0 unspecified atom stereocenters. The third-order valence-corrected chi connectivity index (χ3v) is 14.7. The fourth-order valence-electron chi connectivity index (χ4n) is 1.95. The van der Waals surface area contributed by atoms with Crippen molar-refractivity contribution in [1.82, 2.24) is 0 Å². The van der Waals surface area contributed by atoms with Crippen molar-refractivity contribution in [1.29, 1.82) is 0 Å². The van der Waals surface area contributed by atoms with Gasteiger partial charge in [-0.1, -0.05) is 59.3 Å². The molecule has 3 rings (SSSR count). The smallest absolute Gasteiger partial charge is 0.346 e. The summed E-state index contributed by atoms with van der Waals surface area (Å²) in [6.45, 7) is 0. The van der Waals surface area contributed by atoms with Gasteiger partial charge in [-0.2, -0.15) is 0 Å². The highest BCUT2D eigenvalue weighted by molar-refractivity contribution is 8.45. The second-order valence-corrected chi connectivity index (χ2v) is 14.4. The molecule has 0 radical (unpaired) electrons. The van der Waals surface area contributed by atoms with Gasteiger partial charge in [-0.15, -0.1) is 46.2 Å². The van der Waals surface area contributed by atoms with Crippen LogP contribution in [0.25, 0.3) is 8.47 Å². The number of carbonyl (C=O) groups excluding carboxylic acids is 2. The van der Waals surface area contributed by atoms with E-state index in [9.17, 15) is 9.59 Å². The molecular formula is C15H12O4S9. The first-order valence-corrected chi connectivity index (χ1v) is 15.0. The quantitative estimate of drug-likeness (QED) is 0.378. The Hall–Kier alpha value is 0.530. The van der Waals surface area contributed by atoms with Crippen LogP contribution in [0.2, 0.25) is 0 Å². The van der Waals surface area contributed by atoms with Gasteiger partial charge in [-0.25, -0.2) is 9.59 Å². The van der Waals surface area contributed by atoms with Gasteiger partial charge in [0.05, 0.1) is 35.7 Å². The summed E-state index contributed by atoms with van der Waals surface area (Å²) in [4.78, 5) is 24.7. The Kier molecular flexibility index (Phi) is 8.47. The van der Waals surface area contributed by atoms with E-state index in [1.165, 1.54) is 61.8 Å². The summed E-state index contributed by atoms with van der Waals surface area (Å²) in [6, 6.07) is 0. The monoisotopic (exact) mass is 544 g/mol. The summed E-state index contributed by atoms with van der Waals surface area (Å²) in [7, 11) is 2.59. The van der Waals surface area contributed by atoms with Crippen LogP contribution in [0, 0.1) is 3.82 Å². The van der Waals surface area contributed by atoms with E-state index in [0.717, 1.165) is 16.4 Å². The topological polar surface area (TPSA) is 52.6 Å². The van der Waals surface area contributed by atoms with Crippen LogP contribution in [0.15, 0.2) is 18.3 Å². The van der Waals surface area contributed by atoms with E-state index in [4.69, 9.17) is 21.7 Å². The average Bonchev–Trinajstić information content (AvgIpc) is 3.42. The number of hydrogen-bond donors (Lipinski definition) is 0. The van der Waals surface area contributed by atoms with Crippen molar-refractivity contribution in [3.05, 3.63) is 30.5 Å². The second-order valence-electron chi connectivity index (χ2n) is 4.72. The molecule has 2 aliphatic rings. The van der Waals surface area contributed by atoms with E-state index in [0.29, 0.717) is 0 Å². The molecule has 2 aliphatic heterocycles. The molecule has 0 saturated carbocycles. The number of thioether (sulfide) groups is 6. The SMILES string of the molecule is COC(=O)C1=C(C(=O)OC)SC(=c2sc(=S)c(=C3SC(SC)=C(SC)S3)s2)S1. The summed E-state index contributed by atoms with van der Waals surface area (Å²) in [5.74, 6) is -1.08. The molecule has 4 nitrogen and oxygen atoms in total. The highest BCUT2D eigenvalue weighted by Crippen LogP contribution is 2.57. The molecule has 1 aromatic rings. The zero-order chi connectivity index (χ0) is 20.4. The molecule has 0 N–H and O–H groups in total. The van der Waals surface area contributed by atoms with Crippen molar-refractivity contribution < 1.29 is 19.1 Å². The molecule has 28 heavy (non-hydrogen) atoms. The van der Waals surface area contributed by atoms with E-state index in [-0.39, 0.29) is 9.81 Å². The van der Waals surface area contributed by atoms with Crippen LogP contribution in [0.3, 0.4) is 0 Å². The number of esters is 2. The highest BCUT2D eigenvalue weighted by Gasteiger charge is 2.33. The Morgan fingerprint density at radius 1 is 0.821 bits per heavy atom. The minimum atomic E-state index is -0.539. The highest BCUT2D eigenvalue weighted by atomic mass is 32.3. The largest absolute Gasteiger partial charge is 0.465 e. The molecule has 0 atom stereocenters. The van der Waals surface area contributed by atoms with E-state index in [1.54, 1.807) is 58.4 Å². The van der Waals surface area contributed by atoms with E-state index < -0.39 is 11.9 Å². The fourth-order valence-corrected chi connectivity index (χ4v) is 13.2. The van der Waals surface area contributed by atoms with Crippen molar-refractivity contribution in [2.24, 2.45) is 0 Å². The second kappa shape index (κ2) is 10.2. The predicted octanol–water partition coefficient (Wildman–Crippen LogP) is 5.04. The van der Waals surface area contributed by atoms with Gasteiger partial charge in [-0.05, 0) is 12.5 Å². The Morgan fingerprint density at radius 3 is 1.75 bits per heavy atom. The minimum absolute atomic E-state index is 0.260. The lowest BCUT2D eigenvalue weighted by Gasteiger charge is -2.00. The number of carbonyl (C=O) groups is 2. The van der Waals surface area contributed by atoms with Gasteiger partial charge in [0.25, 0.3) is 0 Å². The molecule has 1 aromatic heterocycles. The van der Waals surface area contributed by atoms with Crippen molar-refractivity contribution in [3.63, 3.8) is 0 Å².